The van der Waals surface area contributed by atoms with Gasteiger partial charge in [-0.2, -0.15) is 0 Å². The molecule has 0 bridgehead atoms. The topological polar surface area (TPSA) is 40.5 Å². The molecule has 0 spiro atoms. The molecule has 14 heavy (non-hydrogen) atoms. The van der Waals surface area contributed by atoms with Crippen LogP contribution in [0.4, 0.5) is 0 Å². The largest absolute Gasteiger partial charge is 0.391 e. The molecule has 2 unspecified atom stereocenters. The summed E-state index contributed by atoms with van der Waals surface area (Å²) in [5.41, 5.74) is 0. The Labute approximate surface area is 89.2 Å². The minimum atomic E-state index is -0.624. The molecule has 2 nitrogen and oxygen atoms in total. The van der Waals surface area contributed by atoms with Crippen molar-refractivity contribution >= 4 is 11.3 Å². The number of hydrogen-bond donors (Lipinski definition) is 2. The molecular weight excluding hydrogens is 196 g/mol. The van der Waals surface area contributed by atoms with Crippen LogP contribution in [0, 0.1) is 0 Å². The van der Waals surface area contributed by atoms with Crippen LogP contribution in [0.3, 0.4) is 0 Å². The average molecular weight is 214 g/mol. The van der Waals surface area contributed by atoms with E-state index < -0.39 is 12.2 Å². The summed E-state index contributed by atoms with van der Waals surface area (Å²) in [6.45, 7) is 3.76. The molecule has 2 N–H and O–H groups in total. The molecule has 2 atom stereocenters. The molecule has 1 rings (SSSR count). The first kappa shape index (κ1) is 11.7. The van der Waals surface area contributed by atoms with E-state index in [0.717, 1.165) is 12.8 Å². The van der Waals surface area contributed by atoms with Gasteiger partial charge in [0, 0.05) is 9.75 Å². The van der Waals surface area contributed by atoms with Gasteiger partial charge in [-0.25, -0.2) is 0 Å². The van der Waals surface area contributed by atoms with E-state index in [1.807, 2.05) is 0 Å². The molecular formula is C11H18O2S. The molecule has 0 amide bonds. The van der Waals surface area contributed by atoms with Crippen molar-refractivity contribution in [2.45, 2.75) is 45.3 Å². The van der Waals surface area contributed by atoms with Crippen molar-refractivity contribution in [3.05, 3.63) is 21.9 Å². The third-order valence-corrected chi connectivity index (χ3v) is 3.60. The maximum Gasteiger partial charge on any atom is 0.0799 e. The number of aryl methyl sites for hydroxylation is 2. The monoisotopic (exact) mass is 214 g/mol. The molecule has 1 aromatic rings. The summed E-state index contributed by atoms with van der Waals surface area (Å²) < 4.78 is 0. The van der Waals surface area contributed by atoms with Crippen LogP contribution in [0.25, 0.3) is 0 Å². The Bertz CT molecular complexity index is 268. The van der Waals surface area contributed by atoms with Crippen LogP contribution in [-0.2, 0) is 12.8 Å². The van der Waals surface area contributed by atoms with Crippen molar-refractivity contribution in [2.75, 3.05) is 0 Å². The van der Waals surface area contributed by atoms with Crippen LogP contribution in [0.5, 0.6) is 0 Å². The summed E-state index contributed by atoms with van der Waals surface area (Å²) >= 11 is 1.79. The number of aliphatic hydroxyl groups is 2. The van der Waals surface area contributed by atoms with E-state index in [0.29, 0.717) is 6.42 Å². The predicted octanol–water partition coefficient (Wildman–Crippen LogP) is 1.98. The molecule has 0 aromatic carbocycles. The highest BCUT2D eigenvalue weighted by molar-refractivity contribution is 7.11. The van der Waals surface area contributed by atoms with Crippen molar-refractivity contribution in [2.24, 2.45) is 0 Å². The Morgan fingerprint density at radius 3 is 2.43 bits per heavy atom. The van der Waals surface area contributed by atoms with Crippen LogP contribution in [0.15, 0.2) is 12.1 Å². The lowest BCUT2D eigenvalue weighted by Gasteiger charge is -2.12. The van der Waals surface area contributed by atoms with Crippen LogP contribution in [-0.4, -0.2) is 22.4 Å². The second-order valence-corrected chi connectivity index (χ2v) is 4.82. The van der Waals surface area contributed by atoms with Gasteiger partial charge in [0.25, 0.3) is 0 Å². The van der Waals surface area contributed by atoms with Gasteiger partial charge in [0.2, 0.25) is 0 Å². The fraction of sp³-hybridized carbons (Fsp3) is 0.636. The predicted molar refractivity (Wildman–Crippen MR) is 59.7 cm³/mol. The maximum atomic E-state index is 9.41. The first-order chi connectivity index (χ1) is 6.63. The SMILES string of the molecule is CCc1ccc(CCC(O)C(C)O)s1. The van der Waals surface area contributed by atoms with Crippen molar-refractivity contribution < 1.29 is 10.2 Å². The molecule has 3 heteroatoms. The molecule has 1 heterocycles. The smallest absolute Gasteiger partial charge is 0.0799 e. The summed E-state index contributed by atoms with van der Waals surface area (Å²) in [7, 11) is 0. The highest BCUT2D eigenvalue weighted by atomic mass is 32.1. The van der Waals surface area contributed by atoms with E-state index in [9.17, 15) is 5.11 Å². The Morgan fingerprint density at radius 1 is 1.29 bits per heavy atom. The highest BCUT2D eigenvalue weighted by Gasteiger charge is 2.11. The van der Waals surface area contributed by atoms with Crippen molar-refractivity contribution in [3.63, 3.8) is 0 Å². The number of rotatable bonds is 5. The van der Waals surface area contributed by atoms with Crippen molar-refractivity contribution in [3.8, 4) is 0 Å². The number of hydrogen-bond acceptors (Lipinski definition) is 3. The van der Waals surface area contributed by atoms with Gasteiger partial charge >= 0.3 is 0 Å². The molecule has 0 aliphatic heterocycles. The summed E-state index contributed by atoms with van der Waals surface area (Å²) in [6, 6.07) is 4.24. The Kier molecular flexibility index (Phi) is 4.58. The van der Waals surface area contributed by atoms with Crippen molar-refractivity contribution in [1.82, 2.24) is 0 Å². The molecule has 0 saturated carbocycles. The summed E-state index contributed by atoms with van der Waals surface area (Å²) in [5.74, 6) is 0. The maximum absolute atomic E-state index is 9.41. The van der Waals surface area contributed by atoms with E-state index in [1.165, 1.54) is 9.75 Å². The zero-order valence-corrected chi connectivity index (χ0v) is 9.55. The molecule has 80 valence electrons. The molecule has 0 fully saturated rings. The quantitative estimate of drug-likeness (QED) is 0.787. The fourth-order valence-corrected chi connectivity index (χ4v) is 2.25. The second-order valence-electron chi connectivity index (χ2n) is 3.57. The fourth-order valence-electron chi connectivity index (χ4n) is 1.28. The Morgan fingerprint density at radius 2 is 1.93 bits per heavy atom. The summed E-state index contributed by atoms with van der Waals surface area (Å²) in [6.07, 6.45) is 1.35. The summed E-state index contributed by atoms with van der Waals surface area (Å²) in [5, 5.41) is 18.5. The Balaban J connectivity index is 2.37. The van der Waals surface area contributed by atoms with Crippen LogP contribution >= 0.6 is 11.3 Å². The van der Waals surface area contributed by atoms with Gasteiger partial charge in [0.15, 0.2) is 0 Å². The van der Waals surface area contributed by atoms with Crippen LogP contribution in [0.1, 0.15) is 30.0 Å². The standard InChI is InChI=1S/C11H18O2S/c1-3-9-4-5-10(14-9)6-7-11(13)8(2)12/h4-5,8,11-13H,3,6-7H2,1-2H3. The van der Waals surface area contributed by atoms with E-state index >= 15 is 0 Å². The molecule has 0 radical (unpaired) electrons. The van der Waals surface area contributed by atoms with E-state index in [4.69, 9.17) is 5.11 Å². The molecule has 0 saturated heterocycles. The number of thiophene rings is 1. The normalized spacial score (nSPS) is 15.4. The first-order valence-corrected chi connectivity index (χ1v) is 5.88. The third kappa shape index (κ3) is 3.40. The first-order valence-electron chi connectivity index (χ1n) is 5.07. The molecule has 1 aromatic heterocycles. The van der Waals surface area contributed by atoms with Gasteiger partial charge in [-0.05, 0) is 38.3 Å². The third-order valence-electron chi connectivity index (χ3n) is 2.31. The second kappa shape index (κ2) is 5.49. The zero-order chi connectivity index (χ0) is 10.6. The average Bonchev–Trinajstić information content (AvgIpc) is 2.61. The Hall–Kier alpha value is -0.380. The van der Waals surface area contributed by atoms with Gasteiger partial charge in [0.05, 0.1) is 12.2 Å². The lowest BCUT2D eigenvalue weighted by atomic mass is 10.1. The van der Waals surface area contributed by atoms with Gasteiger partial charge < -0.3 is 10.2 Å². The molecule has 0 aliphatic carbocycles. The van der Waals surface area contributed by atoms with Gasteiger partial charge in [-0.15, -0.1) is 11.3 Å². The van der Waals surface area contributed by atoms with E-state index in [2.05, 4.69) is 19.1 Å². The number of aliphatic hydroxyl groups excluding tert-OH is 2. The van der Waals surface area contributed by atoms with Gasteiger partial charge in [-0.3, -0.25) is 0 Å². The summed E-state index contributed by atoms with van der Waals surface area (Å²) in [4.78, 5) is 2.67. The van der Waals surface area contributed by atoms with Crippen molar-refractivity contribution in [1.29, 1.82) is 0 Å². The zero-order valence-electron chi connectivity index (χ0n) is 8.73. The van der Waals surface area contributed by atoms with Gasteiger partial charge in [0.1, 0.15) is 0 Å². The molecule has 0 aliphatic rings. The lowest BCUT2D eigenvalue weighted by Crippen LogP contribution is -2.22. The van der Waals surface area contributed by atoms with E-state index in [-0.39, 0.29) is 0 Å². The minimum absolute atomic E-state index is 0.595. The highest BCUT2D eigenvalue weighted by Crippen LogP contribution is 2.19. The minimum Gasteiger partial charge on any atom is -0.391 e. The van der Waals surface area contributed by atoms with Crippen LogP contribution < -0.4 is 0 Å². The van der Waals surface area contributed by atoms with Gasteiger partial charge in [-0.1, -0.05) is 6.92 Å². The van der Waals surface area contributed by atoms with E-state index in [1.54, 1.807) is 18.3 Å². The lowest BCUT2D eigenvalue weighted by molar-refractivity contribution is 0.0266. The van der Waals surface area contributed by atoms with Crippen LogP contribution in [0.2, 0.25) is 0 Å².